The zero-order valence-corrected chi connectivity index (χ0v) is 5.02. The average Bonchev–Trinajstić information content (AvgIpc) is 1.33. The van der Waals surface area contributed by atoms with E-state index in [1.54, 1.807) is 0 Å². The van der Waals surface area contributed by atoms with Crippen LogP contribution in [0.5, 0.6) is 0 Å². The molecule has 0 amide bonds. The molecule has 0 aromatic heterocycles. The summed E-state index contributed by atoms with van der Waals surface area (Å²) < 4.78 is 0. The SMILES string of the molecule is O=C(O)S.O=CS. The topological polar surface area (TPSA) is 54.4 Å². The lowest BCUT2D eigenvalue weighted by molar-refractivity contribution is 0.222. The summed E-state index contributed by atoms with van der Waals surface area (Å²) in [6.45, 7) is 0. The van der Waals surface area contributed by atoms with Crippen LogP contribution in [0.25, 0.3) is 0 Å². The van der Waals surface area contributed by atoms with Crippen LogP contribution in [0.1, 0.15) is 0 Å². The van der Waals surface area contributed by atoms with E-state index in [0.717, 1.165) is 0 Å². The number of hydrogen-bond donors (Lipinski definition) is 3. The number of rotatable bonds is 0. The van der Waals surface area contributed by atoms with Crippen molar-refractivity contribution in [2.24, 2.45) is 0 Å². The van der Waals surface area contributed by atoms with Crippen molar-refractivity contribution in [1.82, 2.24) is 0 Å². The molecule has 1 N–H and O–H groups in total. The number of carbonyl (C=O) groups is 2. The van der Waals surface area contributed by atoms with E-state index in [4.69, 9.17) is 14.7 Å². The van der Waals surface area contributed by atoms with Crippen molar-refractivity contribution in [3.05, 3.63) is 0 Å². The maximum absolute atomic E-state index is 8.86. The second kappa shape index (κ2) is 9.28. The quantitative estimate of drug-likeness (QED) is 0.343. The Hall–Kier alpha value is -0.160. The van der Waals surface area contributed by atoms with Gasteiger partial charge in [-0.3, -0.25) is 4.79 Å². The van der Waals surface area contributed by atoms with E-state index in [2.05, 4.69) is 25.3 Å². The third-order valence-electron chi connectivity index (χ3n) is 0. The van der Waals surface area contributed by atoms with Crippen molar-refractivity contribution in [2.75, 3.05) is 0 Å². The summed E-state index contributed by atoms with van der Waals surface area (Å²) in [7, 11) is 0. The highest BCUT2D eigenvalue weighted by Gasteiger charge is 1.67. The molecular weight excluding hydrogens is 136 g/mol. The lowest BCUT2D eigenvalue weighted by Crippen LogP contribution is -1.67. The van der Waals surface area contributed by atoms with Crippen LogP contribution in [0.3, 0.4) is 0 Å². The van der Waals surface area contributed by atoms with E-state index in [1.807, 2.05) is 0 Å². The molecule has 5 heteroatoms. The minimum atomic E-state index is -1.14. The zero-order chi connectivity index (χ0) is 6.28. The molecule has 0 unspecified atom stereocenters. The number of carboxylic acid groups (broad SMARTS) is 1. The third-order valence-corrected chi connectivity index (χ3v) is 0. The van der Waals surface area contributed by atoms with Gasteiger partial charge < -0.3 is 5.11 Å². The molecule has 0 aromatic rings. The molecular formula is C2H4O3S2. The molecule has 3 nitrogen and oxygen atoms in total. The lowest BCUT2D eigenvalue weighted by atomic mass is 11.6. The molecule has 0 spiro atoms. The summed E-state index contributed by atoms with van der Waals surface area (Å²) in [4.78, 5) is 17.5. The second-order valence-corrected chi connectivity index (χ2v) is 0.981. The Kier molecular flexibility index (Phi) is 13.2. The predicted octanol–water partition coefficient (Wildman–Crippen LogP) is 0.701. The average molecular weight is 140 g/mol. The first-order chi connectivity index (χ1) is 3.15. The highest BCUT2D eigenvalue weighted by molar-refractivity contribution is 7.96. The fourth-order valence-electron chi connectivity index (χ4n) is 0. The summed E-state index contributed by atoms with van der Waals surface area (Å²) in [5.41, 5.74) is 0.444. The molecule has 42 valence electrons. The van der Waals surface area contributed by atoms with Gasteiger partial charge in [-0.05, 0) is 0 Å². The summed E-state index contributed by atoms with van der Waals surface area (Å²) in [5.74, 6) is 0. The van der Waals surface area contributed by atoms with Crippen LogP contribution in [0, 0.1) is 0 Å². The summed E-state index contributed by atoms with van der Waals surface area (Å²) >= 11 is 5.99. The Balaban J connectivity index is 0. The molecule has 0 bridgehead atoms. The van der Waals surface area contributed by atoms with Crippen molar-refractivity contribution >= 4 is 36.2 Å². The molecule has 0 aliphatic heterocycles. The van der Waals surface area contributed by atoms with Gasteiger partial charge in [0.05, 0.1) is 0 Å². The van der Waals surface area contributed by atoms with E-state index in [9.17, 15) is 0 Å². The van der Waals surface area contributed by atoms with E-state index in [0.29, 0.717) is 5.62 Å². The van der Waals surface area contributed by atoms with Gasteiger partial charge in [0.2, 0.25) is 0 Å². The van der Waals surface area contributed by atoms with Gasteiger partial charge in [0.1, 0.15) is 0 Å². The van der Waals surface area contributed by atoms with Gasteiger partial charge in [-0.2, -0.15) is 0 Å². The number of hydrogen-bond acceptors (Lipinski definition) is 2. The lowest BCUT2D eigenvalue weighted by Gasteiger charge is -1.58. The Labute approximate surface area is 51.5 Å². The fraction of sp³-hybridized carbons (Fsp3) is 0. The molecule has 0 radical (unpaired) electrons. The molecule has 0 fully saturated rings. The Bertz CT molecular complexity index is 58.0. The first-order valence-corrected chi connectivity index (χ1v) is 2.11. The first-order valence-electron chi connectivity index (χ1n) is 1.15. The monoisotopic (exact) mass is 140 g/mol. The zero-order valence-electron chi connectivity index (χ0n) is 3.24. The molecule has 0 atom stereocenters. The molecule has 0 saturated carbocycles. The molecule has 7 heavy (non-hydrogen) atoms. The largest absolute Gasteiger partial charge is 0.473 e. The molecule has 0 aliphatic carbocycles. The van der Waals surface area contributed by atoms with E-state index in [1.165, 1.54) is 0 Å². The van der Waals surface area contributed by atoms with Gasteiger partial charge in [-0.15, -0.1) is 12.6 Å². The van der Waals surface area contributed by atoms with Gasteiger partial charge in [-0.25, -0.2) is 4.79 Å². The van der Waals surface area contributed by atoms with Crippen molar-refractivity contribution in [2.45, 2.75) is 0 Å². The van der Waals surface area contributed by atoms with Crippen LogP contribution >= 0.6 is 25.3 Å². The Morgan fingerprint density at radius 2 is 1.71 bits per heavy atom. The summed E-state index contributed by atoms with van der Waals surface area (Å²) in [6, 6.07) is 0. The van der Waals surface area contributed by atoms with Crippen LogP contribution in [0.4, 0.5) is 4.79 Å². The van der Waals surface area contributed by atoms with Crippen LogP contribution in [0.15, 0.2) is 0 Å². The van der Waals surface area contributed by atoms with Crippen LogP contribution in [0.2, 0.25) is 0 Å². The van der Waals surface area contributed by atoms with E-state index >= 15 is 0 Å². The predicted molar refractivity (Wildman–Crippen MR) is 32.7 cm³/mol. The van der Waals surface area contributed by atoms with Crippen LogP contribution in [-0.2, 0) is 4.79 Å². The maximum Gasteiger partial charge on any atom is 0.361 e. The fourth-order valence-corrected chi connectivity index (χ4v) is 0. The third kappa shape index (κ3) is 3360. The molecule has 0 aliphatic rings. The standard InChI is InChI=1S/CH2O2S.CH2OS/c2-1(3)4;2-1-3/h4H,(H,2,3);1H,(H,2,3). The summed E-state index contributed by atoms with van der Waals surface area (Å²) in [5, 5.41) is 6.14. The summed E-state index contributed by atoms with van der Waals surface area (Å²) in [6.07, 6.45) is 0. The smallest absolute Gasteiger partial charge is 0.361 e. The van der Waals surface area contributed by atoms with Crippen molar-refractivity contribution in [1.29, 1.82) is 0 Å². The number of carbonyl (C=O) groups excluding carboxylic acids is 1. The van der Waals surface area contributed by atoms with Gasteiger partial charge in [0.15, 0.2) is 5.62 Å². The van der Waals surface area contributed by atoms with Crippen LogP contribution in [-0.4, -0.2) is 16.0 Å². The molecule has 0 heterocycles. The van der Waals surface area contributed by atoms with Gasteiger partial charge in [-0.1, -0.05) is 12.6 Å². The highest BCUT2D eigenvalue weighted by atomic mass is 32.1. The minimum absolute atomic E-state index is 0.444. The minimum Gasteiger partial charge on any atom is -0.473 e. The molecule has 0 saturated heterocycles. The molecule has 0 aromatic carbocycles. The van der Waals surface area contributed by atoms with E-state index in [-0.39, 0.29) is 0 Å². The van der Waals surface area contributed by atoms with Crippen molar-refractivity contribution in [3.8, 4) is 0 Å². The Morgan fingerprint density at radius 1 is 1.71 bits per heavy atom. The maximum atomic E-state index is 8.86. The van der Waals surface area contributed by atoms with Crippen LogP contribution < -0.4 is 0 Å². The van der Waals surface area contributed by atoms with Crippen molar-refractivity contribution in [3.63, 3.8) is 0 Å². The second-order valence-electron chi connectivity index (χ2n) is 0.388. The van der Waals surface area contributed by atoms with E-state index < -0.39 is 5.30 Å². The normalized spacial score (nSPS) is 5.43. The first kappa shape index (κ1) is 9.96. The van der Waals surface area contributed by atoms with Gasteiger partial charge in [0.25, 0.3) is 0 Å². The van der Waals surface area contributed by atoms with Gasteiger partial charge in [0, 0.05) is 0 Å². The highest BCUT2D eigenvalue weighted by Crippen LogP contribution is 1.66. The van der Waals surface area contributed by atoms with Gasteiger partial charge >= 0.3 is 5.30 Å². The number of thiol groups is 2. The van der Waals surface area contributed by atoms with Crippen molar-refractivity contribution < 1.29 is 14.7 Å². The Morgan fingerprint density at radius 3 is 1.71 bits per heavy atom. The molecule has 0 rings (SSSR count).